The van der Waals surface area contributed by atoms with Crippen LogP contribution in [0.2, 0.25) is 0 Å². The number of ether oxygens (including phenoxy) is 1. The van der Waals surface area contributed by atoms with Crippen LogP contribution in [0.15, 0.2) is 28.2 Å². The van der Waals surface area contributed by atoms with Crippen molar-refractivity contribution in [1.82, 2.24) is 9.55 Å². The van der Waals surface area contributed by atoms with Gasteiger partial charge in [-0.1, -0.05) is 18.2 Å². The van der Waals surface area contributed by atoms with Crippen molar-refractivity contribution in [1.29, 1.82) is 0 Å². The minimum absolute atomic E-state index is 0.0871. The van der Waals surface area contributed by atoms with Crippen molar-refractivity contribution >= 4 is 34.4 Å². The van der Waals surface area contributed by atoms with Gasteiger partial charge >= 0.3 is 5.97 Å². The number of thioether (sulfide) groups is 1. The molecule has 0 unspecified atom stereocenters. The SMILES string of the molecule is COC(=O)c1ccc2c(=O)n(C[C@H](C)O)c(S[C@H]3CCCCC3=O)nc2c1. The van der Waals surface area contributed by atoms with Gasteiger partial charge in [0.05, 0.1) is 41.5 Å². The number of carbonyl (C=O) groups excluding carboxylic acids is 2. The summed E-state index contributed by atoms with van der Waals surface area (Å²) in [6.45, 7) is 1.68. The largest absolute Gasteiger partial charge is 0.465 e. The summed E-state index contributed by atoms with van der Waals surface area (Å²) in [5.74, 6) is -0.351. The molecule has 1 aromatic carbocycles. The third-order valence-corrected chi connectivity index (χ3v) is 5.84. The van der Waals surface area contributed by atoms with E-state index in [0.717, 1.165) is 19.3 Å². The molecule has 2 aromatic rings. The maximum Gasteiger partial charge on any atom is 0.337 e. The number of aliphatic hydroxyl groups is 1. The van der Waals surface area contributed by atoms with Gasteiger partial charge < -0.3 is 9.84 Å². The number of rotatable bonds is 5. The fourth-order valence-corrected chi connectivity index (χ4v) is 4.39. The zero-order valence-corrected chi connectivity index (χ0v) is 16.1. The van der Waals surface area contributed by atoms with Crippen molar-refractivity contribution in [3.05, 3.63) is 34.1 Å². The fraction of sp³-hybridized carbons (Fsp3) is 0.474. The van der Waals surface area contributed by atoms with Crippen LogP contribution in [0, 0.1) is 0 Å². The van der Waals surface area contributed by atoms with Crippen LogP contribution in [0.5, 0.6) is 0 Å². The maximum atomic E-state index is 13.0. The number of ketones is 1. The molecule has 27 heavy (non-hydrogen) atoms. The van der Waals surface area contributed by atoms with E-state index in [1.807, 2.05) is 0 Å². The number of hydrogen-bond acceptors (Lipinski definition) is 7. The summed E-state index contributed by atoms with van der Waals surface area (Å²) < 4.78 is 6.14. The quantitative estimate of drug-likeness (QED) is 0.617. The Morgan fingerprint density at radius 3 is 2.85 bits per heavy atom. The van der Waals surface area contributed by atoms with Gasteiger partial charge in [-0.05, 0) is 38.0 Å². The molecule has 7 nitrogen and oxygen atoms in total. The van der Waals surface area contributed by atoms with Crippen molar-refractivity contribution < 1.29 is 19.4 Å². The summed E-state index contributed by atoms with van der Waals surface area (Å²) >= 11 is 1.27. The van der Waals surface area contributed by atoms with Crippen molar-refractivity contribution in [2.24, 2.45) is 0 Å². The average Bonchev–Trinajstić information content (AvgIpc) is 2.65. The number of carbonyl (C=O) groups is 2. The molecule has 1 aliphatic rings. The smallest absolute Gasteiger partial charge is 0.337 e. The summed E-state index contributed by atoms with van der Waals surface area (Å²) in [6, 6.07) is 4.57. The van der Waals surface area contributed by atoms with Crippen molar-refractivity contribution in [2.45, 2.75) is 55.7 Å². The number of methoxy groups -OCH3 is 1. The highest BCUT2D eigenvalue weighted by Gasteiger charge is 2.26. The maximum absolute atomic E-state index is 13.0. The Morgan fingerprint density at radius 1 is 1.41 bits per heavy atom. The number of benzene rings is 1. The average molecular weight is 390 g/mol. The highest BCUT2D eigenvalue weighted by molar-refractivity contribution is 8.00. The second-order valence-corrected chi connectivity index (χ2v) is 7.87. The molecule has 1 saturated carbocycles. The molecule has 0 spiro atoms. The topological polar surface area (TPSA) is 98.5 Å². The Balaban J connectivity index is 2.10. The van der Waals surface area contributed by atoms with Crippen molar-refractivity contribution in [2.75, 3.05) is 7.11 Å². The van der Waals surface area contributed by atoms with Gasteiger partial charge in [0.25, 0.3) is 5.56 Å². The van der Waals surface area contributed by atoms with E-state index in [4.69, 9.17) is 4.74 Å². The molecule has 2 atom stereocenters. The van der Waals surface area contributed by atoms with E-state index >= 15 is 0 Å². The molecule has 1 aromatic heterocycles. The van der Waals surface area contributed by atoms with Gasteiger partial charge in [0.15, 0.2) is 5.16 Å². The van der Waals surface area contributed by atoms with E-state index in [-0.39, 0.29) is 23.1 Å². The lowest BCUT2D eigenvalue weighted by atomic mass is 9.99. The van der Waals surface area contributed by atoms with Gasteiger partial charge in [-0.2, -0.15) is 0 Å². The molecule has 144 valence electrons. The number of aromatic nitrogens is 2. The predicted octanol–water partition coefficient (Wildman–Crippen LogP) is 2.17. The Labute approximate surface area is 160 Å². The summed E-state index contributed by atoms with van der Waals surface area (Å²) in [6.07, 6.45) is 2.40. The van der Waals surface area contributed by atoms with E-state index in [9.17, 15) is 19.5 Å². The lowest BCUT2D eigenvalue weighted by molar-refractivity contribution is -0.119. The first-order valence-electron chi connectivity index (χ1n) is 8.91. The summed E-state index contributed by atoms with van der Waals surface area (Å²) in [4.78, 5) is 41.5. The molecule has 0 bridgehead atoms. The number of fused-ring (bicyclic) bond motifs is 1. The minimum atomic E-state index is -0.738. The van der Waals surface area contributed by atoms with E-state index in [1.165, 1.54) is 41.6 Å². The van der Waals surface area contributed by atoms with Crippen LogP contribution in [0.3, 0.4) is 0 Å². The molecule has 0 radical (unpaired) electrons. The van der Waals surface area contributed by atoms with E-state index in [1.54, 1.807) is 6.92 Å². The molecule has 1 heterocycles. The summed E-state index contributed by atoms with van der Waals surface area (Å²) in [5.41, 5.74) is 0.369. The molecule has 3 rings (SSSR count). The standard InChI is InChI=1S/C19H22N2O5S/c1-11(22)10-21-17(24)13-8-7-12(18(25)26-2)9-14(13)20-19(21)27-16-6-4-3-5-15(16)23/h7-9,11,16,22H,3-6,10H2,1-2H3/t11-,16-/m0/s1. The zero-order valence-electron chi connectivity index (χ0n) is 15.3. The number of esters is 1. The molecule has 0 saturated heterocycles. The van der Waals surface area contributed by atoms with Crippen LogP contribution in [0.4, 0.5) is 0 Å². The first kappa shape index (κ1) is 19.6. The van der Waals surface area contributed by atoms with Crippen molar-refractivity contribution in [3.63, 3.8) is 0 Å². The van der Waals surface area contributed by atoms with E-state index in [0.29, 0.717) is 28.0 Å². The summed E-state index contributed by atoms with van der Waals surface area (Å²) in [7, 11) is 1.29. The zero-order chi connectivity index (χ0) is 19.6. The molecule has 0 aliphatic heterocycles. The monoisotopic (exact) mass is 390 g/mol. The van der Waals surface area contributed by atoms with Gasteiger partial charge in [-0.25, -0.2) is 9.78 Å². The first-order valence-corrected chi connectivity index (χ1v) is 9.79. The Kier molecular flexibility index (Phi) is 5.96. The van der Waals surface area contributed by atoms with Crippen molar-refractivity contribution in [3.8, 4) is 0 Å². The molecule has 1 aliphatic carbocycles. The van der Waals surface area contributed by atoms with Gasteiger partial charge in [0, 0.05) is 6.42 Å². The number of aliphatic hydroxyl groups excluding tert-OH is 1. The van der Waals surface area contributed by atoms with Gasteiger partial charge in [0.1, 0.15) is 5.78 Å². The highest BCUT2D eigenvalue weighted by Crippen LogP contribution is 2.31. The van der Waals surface area contributed by atoms with Crippen LogP contribution in [0.25, 0.3) is 10.9 Å². The third-order valence-electron chi connectivity index (χ3n) is 4.53. The van der Waals surface area contributed by atoms with E-state index < -0.39 is 12.1 Å². The molecule has 8 heteroatoms. The van der Waals surface area contributed by atoms with Gasteiger partial charge in [-0.3, -0.25) is 14.2 Å². The third kappa shape index (κ3) is 4.22. The Morgan fingerprint density at radius 2 is 2.19 bits per heavy atom. The minimum Gasteiger partial charge on any atom is -0.465 e. The lowest BCUT2D eigenvalue weighted by Gasteiger charge is -2.21. The second-order valence-electron chi connectivity index (χ2n) is 6.70. The second kappa shape index (κ2) is 8.22. The highest BCUT2D eigenvalue weighted by atomic mass is 32.2. The van der Waals surface area contributed by atoms with Crippen LogP contribution in [-0.4, -0.2) is 44.9 Å². The molecular formula is C19H22N2O5S. The normalized spacial score (nSPS) is 18.5. The fourth-order valence-electron chi connectivity index (χ4n) is 3.16. The van der Waals surface area contributed by atoms with Gasteiger partial charge in [-0.15, -0.1) is 0 Å². The number of Topliss-reactive ketones (excluding diaryl/α,β-unsaturated/α-hetero) is 1. The first-order chi connectivity index (χ1) is 12.9. The van der Waals surface area contributed by atoms with E-state index in [2.05, 4.69) is 4.98 Å². The van der Waals surface area contributed by atoms with Gasteiger partial charge in [0.2, 0.25) is 0 Å². The van der Waals surface area contributed by atoms with Crippen LogP contribution in [0.1, 0.15) is 43.0 Å². The molecule has 0 amide bonds. The number of hydrogen-bond donors (Lipinski definition) is 1. The molecule has 1 fully saturated rings. The Bertz CT molecular complexity index is 938. The molecule has 1 N–H and O–H groups in total. The predicted molar refractivity (Wildman–Crippen MR) is 102 cm³/mol. The van der Waals surface area contributed by atoms with Crippen LogP contribution in [-0.2, 0) is 16.1 Å². The molecular weight excluding hydrogens is 368 g/mol. The number of nitrogens with zero attached hydrogens (tertiary/aromatic N) is 2. The Hall–Kier alpha value is -2.19. The van der Waals surface area contributed by atoms with Crippen LogP contribution < -0.4 is 5.56 Å². The van der Waals surface area contributed by atoms with Crippen LogP contribution >= 0.6 is 11.8 Å². The lowest BCUT2D eigenvalue weighted by Crippen LogP contribution is -2.30. The summed E-state index contributed by atoms with van der Waals surface area (Å²) in [5, 5.41) is 10.3.